The maximum absolute atomic E-state index is 11.7. The molecule has 1 saturated heterocycles. The second kappa shape index (κ2) is 2.95. The van der Waals surface area contributed by atoms with Crippen molar-refractivity contribution in [2.45, 2.75) is 37.5 Å². The number of carbonyl (C=O) groups excluding carboxylic acids is 1. The molecule has 1 N–H and O–H groups in total. The third-order valence-corrected chi connectivity index (χ3v) is 5.56. The number of rotatable bonds is 3. The molecule has 15 heavy (non-hydrogen) atoms. The molecule has 0 spiro atoms. The maximum atomic E-state index is 11.7. The van der Waals surface area contributed by atoms with Gasteiger partial charge in [-0.25, -0.2) is 12.7 Å². The summed E-state index contributed by atoms with van der Waals surface area (Å²) in [6.45, 7) is 2.71. The summed E-state index contributed by atoms with van der Waals surface area (Å²) >= 11 is 0. The second-order valence-corrected chi connectivity index (χ2v) is 7.17. The second-order valence-electron chi connectivity index (χ2n) is 4.76. The SMILES string of the molecule is CC1(C)C(=O)N(CC(O)C2CC2)S1(=O)=O. The largest absolute Gasteiger partial charge is 0.391 e. The lowest BCUT2D eigenvalue weighted by Crippen LogP contribution is -2.68. The first-order chi connectivity index (χ1) is 6.78. The molecule has 0 aromatic heterocycles. The zero-order valence-electron chi connectivity index (χ0n) is 8.80. The van der Waals surface area contributed by atoms with Crippen LogP contribution >= 0.6 is 0 Å². The summed E-state index contributed by atoms with van der Waals surface area (Å²) in [5, 5.41) is 9.59. The Balaban J connectivity index is 2.09. The summed E-state index contributed by atoms with van der Waals surface area (Å²) in [5.74, 6) is -0.237. The van der Waals surface area contributed by atoms with Crippen LogP contribution in [0, 0.1) is 5.92 Å². The van der Waals surface area contributed by atoms with Gasteiger partial charge in [-0.3, -0.25) is 4.79 Å². The highest BCUT2D eigenvalue weighted by Crippen LogP contribution is 2.38. The molecular formula is C9H15NO4S. The van der Waals surface area contributed by atoms with Crippen molar-refractivity contribution in [3.05, 3.63) is 0 Å². The topological polar surface area (TPSA) is 74.7 Å². The first-order valence-electron chi connectivity index (χ1n) is 5.03. The van der Waals surface area contributed by atoms with Gasteiger partial charge in [0, 0.05) is 0 Å². The molecule has 1 amide bonds. The highest BCUT2D eigenvalue weighted by atomic mass is 32.2. The van der Waals surface area contributed by atoms with Gasteiger partial charge in [0.15, 0.2) is 4.75 Å². The molecule has 1 unspecified atom stereocenters. The van der Waals surface area contributed by atoms with Crippen molar-refractivity contribution in [2.75, 3.05) is 6.54 Å². The predicted molar refractivity (Wildman–Crippen MR) is 53.4 cm³/mol. The first kappa shape index (κ1) is 10.9. The monoisotopic (exact) mass is 233 g/mol. The summed E-state index contributed by atoms with van der Waals surface area (Å²) in [6, 6.07) is 0. The summed E-state index contributed by atoms with van der Waals surface area (Å²) in [6.07, 6.45) is 1.15. The molecule has 86 valence electrons. The van der Waals surface area contributed by atoms with Crippen LogP contribution in [0.2, 0.25) is 0 Å². The van der Waals surface area contributed by atoms with Crippen molar-refractivity contribution in [1.29, 1.82) is 0 Å². The molecule has 1 saturated carbocycles. The van der Waals surface area contributed by atoms with Gasteiger partial charge >= 0.3 is 0 Å². The minimum Gasteiger partial charge on any atom is -0.391 e. The number of β-amino-alcohol motifs (C(OH)–C–C–N with tert-alkyl or cyclic N) is 1. The minimum atomic E-state index is -3.53. The lowest BCUT2D eigenvalue weighted by Gasteiger charge is -2.43. The van der Waals surface area contributed by atoms with Gasteiger partial charge in [-0.15, -0.1) is 0 Å². The zero-order chi connectivity index (χ0) is 11.4. The number of carbonyl (C=O) groups is 1. The van der Waals surface area contributed by atoms with Crippen LogP contribution in [-0.2, 0) is 14.8 Å². The summed E-state index contributed by atoms with van der Waals surface area (Å²) in [4.78, 5) is 11.5. The van der Waals surface area contributed by atoms with E-state index in [2.05, 4.69) is 0 Å². The van der Waals surface area contributed by atoms with E-state index < -0.39 is 26.8 Å². The Bertz CT molecular complexity index is 396. The van der Waals surface area contributed by atoms with Crippen molar-refractivity contribution < 1.29 is 18.3 Å². The van der Waals surface area contributed by atoms with Gasteiger partial charge in [-0.05, 0) is 32.6 Å². The molecule has 1 aliphatic carbocycles. The van der Waals surface area contributed by atoms with Gasteiger partial charge < -0.3 is 5.11 Å². The molecule has 2 aliphatic rings. The Morgan fingerprint density at radius 1 is 1.53 bits per heavy atom. The Kier molecular flexibility index (Phi) is 2.14. The van der Waals surface area contributed by atoms with Crippen molar-refractivity contribution in [3.63, 3.8) is 0 Å². The molecule has 0 aromatic carbocycles. The fraction of sp³-hybridized carbons (Fsp3) is 0.889. The van der Waals surface area contributed by atoms with Crippen LogP contribution in [0.5, 0.6) is 0 Å². The summed E-state index contributed by atoms with van der Waals surface area (Å²) < 4.78 is 22.8. The third kappa shape index (κ3) is 1.38. The molecule has 5 nitrogen and oxygen atoms in total. The molecule has 6 heteroatoms. The number of aliphatic hydroxyl groups excluding tert-OH is 1. The van der Waals surface area contributed by atoms with E-state index in [1.807, 2.05) is 0 Å². The van der Waals surface area contributed by atoms with E-state index >= 15 is 0 Å². The Morgan fingerprint density at radius 2 is 2.07 bits per heavy atom. The normalized spacial score (nSPS) is 29.8. The van der Waals surface area contributed by atoms with Gasteiger partial charge in [0.2, 0.25) is 0 Å². The Labute approximate surface area is 89.1 Å². The maximum Gasteiger partial charge on any atom is 0.258 e. The highest BCUT2D eigenvalue weighted by molar-refractivity contribution is 7.94. The molecule has 0 aromatic rings. The van der Waals surface area contributed by atoms with E-state index in [4.69, 9.17) is 0 Å². The molecule has 1 atom stereocenters. The fourth-order valence-corrected chi connectivity index (χ4v) is 3.28. The van der Waals surface area contributed by atoms with Crippen molar-refractivity contribution in [1.82, 2.24) is 4.31 Å². The number of amides is 1. The van der Waals surface area contributed by atoms with E-state index in [1.54, 1.807) is 0 Å². The smallest absolute Gasteiger partial charge is 0.258 e. The van der Waals surface area contributed by atoms with Gasteiger partial charge in [-0.1, -0.05) is 0 Å². The number of aliphatic hydroxyl groups is 1. The molecule has 0 bridgehead atoms. The van der Waals surface area contributed by atoms with E-state index in [0.29, 0.717) is 0 Å². The third-order valence-electron chi connectivity index (χ3n) is 3.20. The first-order valence-corrected chi connectivity index (χ1v) is 6.47. The number of hydrogen-bond donors (Lipinski definition) is 1. The summed E-state index contributed by atoms with van der Waals surface area (Å²) in [5.41, 5.74) is 0. The van der Waals surface area contributed by atoms with Crippen LogP contribution in [0.3, 0.4) is 0 Å². The van der Waals surface area contributed by atoms with Crippen LogP contribution in [0.1, 0.15) is 26.7 Å². The molecule has 1 heterocycles. The lowest BCUT2D eigenvalue weighted by atomic mass is 10.1. The number of hydrogen-bond acceptors (Lipinski definition) is 4. The Hall–Kier alpha value is -0.620. The average Bonchev–Trinajstić information content (AvgIpc) is 2.94. The van der Waals surface area contributed by atoms with Gasteiger partial charge in [-0.2, -0.15) is 0 Å². The highest BCUT2D eigenvalue weighted by Gasteiger charge is 2.60. The van der Waals surface area contributed by atoms with Crippen LogP contribution in [0.15, 0.2) is 0 Å². The quantitative estimate of drug-likeness (QED) is 0.726. The lowest BCUT2D eigenvalue weighted by molar-refractivity contribution is -0.133. The molecule has 2 rings (SSSR count). The van der Waals surface area contributed by atoms with Crippen LogP contribution in [-0.4, -0.2) is 41.1 Å². The fourth-order valence-electron chi connectivity index (χ4n) is 1.74. The van der Waals surface area contributed by atoms with Gasteiger partial charge in [0.05, 0.1) is 12.6 Å². The van der Waals surface area contributed by atoms with Crippen molar-refractivity contribution >= 4 is 15.9 Å². The van der Waals surface area contributed by atoms with Gasteiger partial charge in [0.25, 0.3) is 15.9 Å². The van der Waals surface area contributed by atoms with E-state index in [0.717, 1.165) is 17.1 Å². The number of sulfonamides is 1. The molecule has 1 aliphatic heterocycles. The molecule has 0 radical (unpaired) electrons. The van der Waals surface area contributed by atoms with E-state index in [-0.39, 0.29) is 12.5 Å². The van der Waals surface area contributed by atoms with E-state index in [1.165, 1.54) is 13.8 Å². The summed E-state index contributed by atoms with van der Waals surface area (Å²) in [7, 11) is -3.53. The van der Waals surface area contributed by atoms with Crippen molar-refractivity contribution in [3.8, 4) is 0 Å². The minimum absolute atomic E-state index is 0.0741. The standard InChI is InChI=1S/C9H15NO4S/c1-9(2)8(12)10(15(9,13)14)5-7(11)6-3-4-6/h6-7,11H,3-5H2,1-2H3. The van der Waals surface area contributed by atoms with Gasteiger partial charge in [0.1, 0.15) is 0 Å². The number of nitrogens with zero attached hydrogens (tertiary/aromatic N) is 1. The van der Waals surface area contributed by atoms with Crippen LogP contribution in [0.4, 0.5) is 0 Å². The van der Waals surface area contributed by atoms with Crippen LogP contribution < -0.4 is 0 Å². The molecular weight excluding hydrogens is 218 g/mol. The van der Waals surface area contributed by atoms with Crippen molar-refractivity contribution in [2.24, 2.45) is 5.92 Å². The average molecular weight is 233 g/mol. The molecule has 2 fully saturated rings. The zero-order valence-corrected chi connectivity index (χ0v) is 9.62. The predicted octanol–water partition coefficient (Wildman–Crippen LogP) is -0.292. The van der Waals surface area contributed by atoms with Crippen LogP contribution in [0.25, 0.3) is 0 Å². The van der Waals surface area contributed by atoms with E-state index in [9.17, 15) is 18.3 Å². The Morgan fingerprint density at radius 3 is 2.47 bits per heavy atom.